The number of ether oxygens (including phenoxy) is 1. The number of hydrogen-bond donors (Lipinski definition) is 0. The fraction of sp³-hybridized carbons (Fsp3) is 0.586. The Labute approximate surface area is 216 Å². The Hall–Kier alpha value is -2.64. The topological polar surface area (TPSA) is 66.2 Å². The molecule has 0 saturated carbocycles. The van der Waals surface area contributed by atoms with Crippen LogP contribution in [0.15, 0.2) is 46.9 Å². The molecule has 1 saturated heterocycles. The number of nitrogens with zero attached hydrogens (tertiary/aromatic N) is 3. The molecule has 0 radical (unpaired) electrons. The zero-order valence-corrected chi connectivity index (χ0v) is 22.1. The Morgan fingerprint density at radius 3 is 2.36 bits per heavy atom. The van der Waals surface area contributed by atoms with Crippen molar-refractivity contribution in [1.29, 1.82) is 0 Å². The van der Waals surface area contributed by atoms with Crippen molar-refractivity contribution in [1.82, 2.24) is 14.7 Å². The summed E-state index contributed by atoms with van der Waals surface area (Å²) in [6.07, 6.45) is 5.55. The minimum absolute atomic E-state index is 0.0545. The zero-order valence-electron chi connectivity index (χ0n) is 22.1. The van der Waals surface area contributed by atoms with Crippen molar-refractivity contribution in [2.45, 2.75) is 65.5 Å². The molecule has 2 heterocycles. The van der Waals surface area contributed by atoms with E-state index < -0.39 is 0 Å². The van der Waals surface area contributed by atoms with Crippen molar-refractivity contribution in [3.63, 3.8) is 0 Å². The average Bonchev–Trinajstić information content (AvgIpc) is 3.31. The molecule has 1 aromatic carbocycles. The zero-order chi connectivity index (χ0) is 25.6. The first kappa shape index (κ1) is 27.9. The summed E-state index contributed by atoms with van der Waals surface area (Å²) in [6, 6.07) is 13.8. The van der Waals surface area contributed by atoms with Crippen molar-refractivity contribution in [2.75, 3.05) is 45.9 Å². The molecule has 198 valence electrons. The fourth-order valence-electron chi connectivity index (χ4n) is 4.52. The lowest BCUT2D eigenvalue weighted by Gasteiger charge is -2.30. The molecule has 0 aliphatic carbocycles. The fourth-order valence-corrected chi connectivity index (χ4v) is 4.52. The first-order valence-corrected chi connectivity index (χ1v) is 13.5. The normalized spacial score (nSPS) is 14.1. The molecule has 7 heteroatoms. The van der Waals surface area contributed by atoms with Crippen LogP contribution in [0, 0.1) is 6.92 Å². The summed E-state index contributed by atoms with van der Waals surface area (Å²) >= 11 is 0. The highest BCUT2D eigenvalue weighted by molar-refractivity contribution is 5.84. The monoisotopic (exact) mass is 497 g/mol. The van der Waals surface area contributed by atoms with Gasteiger partial charge in [-0.2, -0.15) is 0 Å². The summed E-state index contributed by atoms with van der Waals surface area (Å²) in [6.45, 7) is 9.92. The summed E-state index contributed by atoms with van der Waals surface area (Å²) in [7, 11) is 0. The third kappa shape index (κ3) is 9.78. The molecule has 0 bridgehead atoms. The number of carbonyl (C=O) groups is 2. The lowest BCUT2D eigenvalue weighted by atomic mass is 10.1. The van der Waals surface area contributed by atoms with Gasteiger partial charge in [-0.1, -0.05) is 56.5 Å². The smallest absolute Gasteiger partial charge is 0.242 e. The lowest BCUT2D eigenvalue weighted by Crippen LogP contribution is -2.44. The number of amides is 2. The maximum atomic E-state index is 13.6. The maximum absolute atomic E-state index is 13.6. The third-order valence-corrected chi connectivity index (χ3v) is 6.64. The van der Waals surface area contributed by atoms with Crippen LogP contribution in [0.4, 0.5) is 0 Å². The number of furan rings is 1. The molecular formula is C29H43N3O4. The molecule has 2 aromatic rings. The highest BCUT2D eigenvalue weighted by Crippen LogP contribution is 2.15. The molecule has 3 rings (SSSR count). The molecule has 1 aliphatic rings. The molecule has 0 spiro atoms. The number of aryl methyl sites for hydroxylation is 1. The van der Waals surface area contributed by atoms with E-state index >= 15 is 0 Å². The van der Waals surface area contributed by atoms with Gasteiger partial charge in [-0.05, 0) is 37.5 Å². The Bertz CT molecular complexity index is 908. The highest BCUT2D eigenvalue weighted by Gasteiger charge is 2.23. The molecule has 2 amide bonds. The number of hydrogen-bond acceptors (Lipinski definition) is 5. The van der Waals surface area contributed by atoms with Crippen molar-refractivity contribution in [2.24, 2.45) is 0 Å². The van der Waals surface area contributed by atoms with Crippen LogP contribution in [0.3, 0.4) is 0 Å². The van der Waals surface area contributed by atoms with E-state index in [4.69, 9.17) is 9.15 Å². The second-order valence-electron chi connectivity index (χ2n) is 9.68. The number of rotatable bonds is 15. The van der Waals surface area contributed by atoms with Crippen LogP contribution in [0.5, 0.6) is 0 Å². The van der Waals surface area contributed by atoms with Gasteiger partial charge in [0.1, 0.15) is 11.5 Å². The van der Waals surface area contributed by atoms with E-state index in [1.165, 1.54) is 0 Å². The minimum atomic E-state index is -0.0545. The van der Waals surface area contributed by atoms with E-state index in [-0.39, 0.29) is 18.4 Å². The van der Waals surface area contributed by atoms with Gasteiger partial charge in [0.25, 0.3) is 0 Å². The van der Waals surface area contributed by atoms with Gasteiger partial charge >= 0.3 is 0 Å². The van der Waals surface area contributed by atoms with Crippen molar-refractivity contribution < 1.29 is 18.7 Å². The molecule has 36 heavy (non-hydrogen) atoms. The maximum Gasteiger partial charge on any atom is 0.242 e. The van der Waals surface area contributed by atoms with Gasteiger partial charge in [-0.3, -0.25) is 14.5 Å². The Morgan fingerprint density at radius 2 is 1.67 bits per heavy atom. The van der Waals surface area contributed by atoms with Gasteiger partial charge in [-0.15, -0.1) is 0 Å². The summed E-state index contributed by atoms with van der Waals surface area (Å²) in [4.78, 5) is 32.7. The summed E-state index contributed by atoms with van der Waals surface area (Å²) in [5, 5.41) is 0. The highest BCUT2D eigenvalue weighted by atomic mass is 16.5. The molecule has 7 nitrogen and oxygen atoms in total. The van der Waals surface area contributed by atoms with Gasteiger partial charge in [0, 0.05) is 39.1 Å². The molecular weight excluding hydrogens is 454 g/mol. The van der Waals surface area contributed by atoms with E-state index in [1.807, 2.05) is 49.4 Å². The first-order chi connectivity index (χ1) is 17.5. The van der Waals surface area contributed by atoms with Crippen LogP contribution in [-0.2, 0) is 27.4 Å². The second kappa shape index (κ2) is 15.5. The molecule has 1 fully saturated rings. The summed E-state index contributed by atoms with van der Waals surface area (Å²) in [5.74, 6) is 1.60. The van der Waals surface area contributed by atoms with E-state index in [9.17, 15) is 9.59 Å². The van der Waals surface area contributed by atoms with Crippen molar-refractivity contribution >= 4 is 11.8 Å². The average molecular weight is 498 g/mol. The Morgan fingerprint density at radius 1 is 0.889 bits per heavy atom. The van der Waals surface area contributed by atoms with E-state index in [0.29, 0.717) is 26.1 Å². The van der Waals surface area contributed by atoms with Gasteiger partial charge in [-0.25, -0.2) is 0 Å². The molecule has 0 N–H and O–H groups in total. The van der Waals surface area contributed by atoms with Gasteiger partial charge < -0.3 is 19.0 Å². The van der Waals surface area contributed by atoms with Crippen molar-refractivity contribution in [3.8, 4) is 0 Å². The van der Waals surface area contributed by atoms with Crippen LogP contribution < -0.4 is 0 Å². The lowest BCUT2D eigenvalue weighted by molar-refractivity contribution is -0.141. The number of morpholine rings is 1. The molecule has 1 aromatic heterocycles. The predicted molar refractivity (Wildman–Crippen MR) is 141 cm³/mol. The van der Waals surface area contributed by atoms with E-state index in [1.54, 1.807) is 9.80 Å². The van der Waals surface area contributed by atoms with Crippen LogP contribution >= 0.6 is 0 Å². The quantitative estimate of drug-likeness (QED) is 0.336. The standard InChI is InChI=1S/C29H43N3O4/c1-3-4-5-9-13-28(33)31(17-10-16-30-18-20-35-21-19-30)24-29(34)32(22-26-11-7-6-8-12-26)23-27-15-14-25(2)36-27/h6-8,11-12,14-15H,3-5,9-10,13,16-24H2,1-2H3. The molecule has 1 aliphatic heterocycles. The van der Waals surface area contributed by atoms with E-state index in [0.717, 1.165) is 82.0 Å². The van der Waals surface area contributed by atoms with Gasteiger partial charge in [0.15, 0.2) is 0 Å². The summed E-state index contributed by atoms with van der Waals surface area (Å²) in [5.41, 5.74) is 1.05. The summed E-state index contributed by atoms with van der Waals surface area (Å²) < 4.78 is 11.2. The minimum Gasteiger partial charge on any atom is -0.464 e. The Balaban J connectivity index is 1.65. The number of benzene rings is 1. The van der Waals surface area contributed by atoms with Crippen LogP contribution in [0.1, 0.15) is 62.5 Å². The van der Waals surface area contributed by atoms with Crippen LogP contribution in [0.25, 0.3) is 0 Å². The van der Waals surface area contributed by atoms with Gasteiger partial charge in [0.2, 0.25) is 11.8 Å². The largest absolute Gasteiger partial charge is 0.464 e. The second-order valence-corrected chi connectivity index (χ2v) is 9.68. The Kier molecular flexibility index (Phi) is 12.0. The van der Waals surface area contributed by atoms with Crippen LogP contribution in [0.2, 0.25) is 0 Å². The first-order valence-electron chi connectivity index (χ1n) is 13.5. The SMILES string of the molecule is CCCCCCC(=O)N(CCCN1CCOCC1)CC(=O)N(Cc1ccccc1)Cc1ccc(C)o1. The predicted octanol–water partition coefficient (Wildman–Crippen LogP) is 4.64. The molecule has 0 unspecified atom stereocenters. The third-order valence-electron chi connectivity index (χ3n) is 6.64. The van der Waals surface area contributed by atoms with Gasteiger partial charge in [0.05, 0.1) is 26.3 Å². The van der Waals surface area contributed by atoms with Crippen molar-refractivity contribution in [3.05, 3.63) is 59.5 Å². The van der Waals surface area contributed by atoms with Crippen LogP contribution in [-0.4, -0.2) is 72.5 Å². The number of unbranched alkanes of at least 4 members (excludes halogenated alkanes) is 3. The number of carbonyl (C=O) groups excluding carboxylic acids is 2. The van der Waals surface area contributed by atoms with E-state index in [2.05, 4.69) is 11.8 Å². The molecule has 0 atom stereocenters.